The number of benzene rings is 1. The highest BCUT2D eigenvalue weighted by Gasteiger charge is 2.39. The minimum Gasteiger partial charge on any atom is -0.391 e. The molecule has 1 N–H and O–H groups in total. The van der Waals surface area contributed by atoms with Gasteiger partial charge in [0, 0.05) is 35.1 Å². The first-order chi connectivity index (χ1) is 10.9. The summed E-state index contributed by atoms with van der Waals surface area (Å²) in [5.41, 5.74) is 2.18. The van der Waals surface area contributed by atoms with Gasteiger partial charge in [-0.2, -0.15) is 0 Å². The molecule has 0 aromatic heterocycles. The van der Waals surface area contributed by atoms with E-state index < -0.39 is 6.10 Å². The smallest absolute Gasteiger partial charge is 0.0778 e. The Hall–Kier alpha value is -0.320. The van der Waals surface area contributed by atoms with E-state index in [0.717, 1.165) is 30.6 Å². The fourth-order valence-electron chi connectivity index (χ4n) is 4.08. The second kappa shape index (κ2) is 6.89. The quantitative estimate of drug-likeness (QED) is 0.893. The number of halogens is 2. The van der Waals surface area contributed by atoms with Gasteiger partial charge in [0.1, 0.15) is 0 Å². The largest absolute Gasteiger partial charge is 0.391 e. The van der Waals surface area contributed by atoms with Crippen LogP contribution in [0.1, 0.15) is 43.9 Å². The van der Waals surface area contributed by atoms with Crippen molar-refractivity contribution in [2.45, 2.75) is 57.3 Å². The lowest BCUT2D eigenvalue weighted by atomic mass is 9.98. The molecule has 3 atom stereocenters. The summed E-state index contributed by atoms with van der Waals surface area (Å²) < 4.78 is 0. The summed E-state index contributed by atoms with van der Waals surface area (Å²) in [4.78, 5) is 4.86. The number of hydrogen-bond donors (Lipinski definition) is 1. The van der Waals surface area contributed by atoms with Crippen LogP contribution in [0, 0.1) is 0 Å². The van der Waals surface area contributed by atoms with Crippen molar-refractivity contribution in [2.75, 3.05) is 20.1 Å². The van der Waals surface area contributed by atoms with E-state index in [0.29, 0.717) is 28.5 Å². The van der Waals surface area contributed by atoms with Crippen LogP contribution in [0.2, 0.25) is 10.0 Å². The molecule has 3 nitrogen and oxygen atoms in total. The summed E-state index contributed by atoms with van der Waals surface area (Å²) in [6, 6.07) is 4.81. The lowest BCUT2D eigenvalue weighted by Crippen LogP contribution is -2.50. The van der Waals surface area contributed by atoms with Gasteiger partial charge in [0.15, 0.2) is 0 Å². The molecule has 3 rings (SSSR count). The molecule has 2 aliphatic rings. The van der Waals surface area contributed by atoms with Gasteiger partial charge in [-0.1, -0.05) is 23.2 Å². The van der Waals surface area contributed by atoms with Crippen LogP contribution in [0.3, 0.4) is 0 Å². The van der Waals surface area contributed by atoms with Crippen molar-refractivity contribution in [1.29, 1.82) is 0 Å². The van der Waals surface area contributed by atoms with Crippen LogP contribution in [-0.4, -0.2) is 53.2 Å². The first-order valence-electron chi connectivity index (χ1n) is 8.50. The average Bonchev–Trinajstić information content (AvgIpc) is 2.82. The van der Waals surface area contributed by atoms with E-state index in [1.54, 1.807) is 6.07 Å². The Morgan fingerprint density at radius 3 is 2.74 bits per heavy atom. The van der Waals surface area contributed by atoms with Crippen LogP contribution in [0.4, 0.5) is 0 Å². The van der Waals surface area contributed by atoms with Crippen molar-refractivity contribution < 1.29 is 5.11 Å². The number of piperidine rings is 1. The minimum absolute atomic E-state index is 0.00173. The van der Waals surface area contributed by atoms with E-state index in [1.807, 2.05) is 6.07 Å². The number of nitrogens with zero attached hydrogens (tertiary/aromatic N) is 2. The van der Waals surface area contributed by atoms with Crippen LogP contribution >= 0.6 is 23.2 Å². The normalized spacial score (nSPS) is 28.6. The first kappa shape index (κ1) is 17.5. The predicted octanol–water partition coefficient (Wildman–Crippen LogP) is 3.76. The van der Waals surface area contributed by atoms with E-state index in [4.69, 9.17) is 23.2 Å². The Morgan fingerprint density at radius 2 is 2.04 bits per heavy atom. The molecule has 23 heavy (non-hydrogen) atoms. The molecule has 0 amide bonds. The topological polar surface area (TPSA) is 26.7 Å². The van der Waals surface area contributed by atoms with E-state index in [2.05, 4.69) is 30.7 Å². The zero-order chi connectivity index (χ0) is 16.7. The number of hydrogen-bond acceptors (Lipinski definition) is 3. The van der Waals surface area contributed by atoms with Crippen LogP contribution in [0.5, 0.6) is 0 Å². The second-order valence-corrected chi connectivity index (χ2v) is 8.07. The summed E-state index contributed by atoms with van der Waals surface area (Å²) in [7, 11) is 2.20. The Morgan fingerprint density at radius 1 is 1.30 bits per heavy atom. The van der Waals surface area contributed by atoms with Gasteiger partial charge in [0.05, 0.1) is 12.1 Å². The number of fused-ring (bicyclic) bond motifs is 1. The number of likely N-dealkylation sites (N-methyl/N-ethyl adjacent to an activating group) is 1. The summed E-state index contributed by atoms with van der Waals surface area (Å²) in [5.74, 6) is 0. The molecule has 1 saturated heterocycles. The highest BCUT2D eigenvalue weighted by molar-refractivity contribution is 6.35. The molecular formula is C18H26Cl2N2O. The molecule has 0 unspecified atom stereocenters. The summed E-state index contributed by atoms with van der Waals surface area (Å²) in [5, 5.41) is 12.0. The third-order valence-corrected chi connectivity index (χ3v) is 6.01. The van der Waals surface area contributed by atoms with Crippen LogP contribution in [0.15, 0.2) is 12.1 Å². The maximum atomic E-state index is 10.7. The van der Waals surface area contributed by atoms with Gasteiger partial charge < -0.3 is 5.11 Å². The van der Waals surface area contributed by atoms with Crippen molar-refractivity contribution in [3.63, 3.8) is 0 Å². The van der Waals surface area contributed by atoms with Gasteiger partial charge >= 0.3 is 0 Å². The number of aliphatic hydroxyl groups excluding tert-OH is 1. The highest BCUT2D eigenvalue weighted by Crippen LogP contribution is 2.43. The van der Waals surface area contributed by atoms with Crippen molar-refractivity contribution in [1.82, 2.24) is 9.80 Å². The molecule has 1 aliphatic heterocycles. The maximum absolute atomic E-state index is 10.7. The predicted molar refractivity (Wildman–Crippen MR) is 96.4 cm³/mol. The Labute approximate surface area is 149 Å². The zero-order valence-electron chi connectivity index (χ0n) is 14.1. The van der Waals surface area contributed by atoms with Crippen molar-refractivity contribution in [2.24, 2.45) is 0 Å². The molecule has 0 bridgehead atoms. The Balaban J connectivity index is 1.85. The first-order valence-corrected chi connectivity index (χ1v) is 9.26. The Bertz CT molecular complexity index is 578. The molecular weight excluding hydrogens is 331 g/mol. The van der Waals surface area contributed by atoms with Crippen molar-refractivity contribution >= 4 is 23.2 Å². The lowest BCUT2D eigenvalue weighted by molar-refractivity contribution is 0.0171. The minimum atomic E-state index is -0.399. The maximum Gasteiger partial charge on any atom is 0.0778 e. The average molecular weight is 357 g/mol. The molecule has 0 spiro atoms. The van der Waals surface area contributed by atoms with Gasteiger partial charge in [-0.05, 0) is 63.5 Å². The monoisotopic (exact) mass is 356 g/mol. The van der Waals surface area contributed by atoms with Crippen LogP contribution in [0.25, 0.3) is 0 Å². The zero-order valence-corrected chi connectivity index (χ0v) is 15.6. The fourth-order valence-corrected chi connectivity index (χ4v) is 4.73. The van der Waals surface area contributed by atoms with Gasteiger partial charge in [0.2, 0.25) is 0 Å². The summed E-state index contributed by atoms with van der Waals surface area (Å²) in [6.45, 7) is 6.46. The van der Waals surface area contributed by atoms with Crippen molar-refractivity contribution in [3.8, 4) is 0 Å². The summed E-state index contributed by atoms with van der Waals surface area (Å²) in [6.07, 6.45) is 2.62. The molecule has 0 radical (unpaired) electrons. The molecule has 1 aliphatic carbocycles. The lowest BCUT2D eigenvalue weighted by Gasteiger charge is -2.42. The SMILES string of the molecule is CC(C)N(C)[C@@H]1CCCN([C@@H]2c3c(Cl)cc(Cl)cc3C[C@H]2O)C1. The molecule has 1 heterocycles. The van der Waals surface area contributed by atoms with E-state index in [1.165, 1.54) is 6.42 Å². The number of aliphatic hydroxyl groups is 1. The van der Waals surface area contributed by atoms with E-state index in [9.17, 15) is 5.11 Å². The number of rotatable bonds is 3. The van der Waals surface area contributed by atoms with Gasteiger partial charge in [-0.15, -0.1) is 0 Å². The third-order valence-electron chi connectivity index (χ3n) is 5.48. The van der Waals surface area contributed by atoms with E-state index >= 15 is 0 Å². The highest BCUT2D eigenvalue weighted by atomic mass is 35.5. The molecule has 128 valence electrons. The molecule has 1 aromatic rings. The molecule has 0 saturated carbocycles. The number of likely N-dealkylation sites (tertiary alicyclic amines) is 1. The molecule has 5 heteroatoms. The van der Waals surface area contributed by atoms with Crippen LogP contribution < -0.4 is 0 Å². The van der Waals surface area contributed by atoms with Gasteiger partial charge in [-0.25, -0.2) is 0 Å². The molecule has 1 aromatic carbocycles. The third kappa shape index (κ3) is 3.40. The van der Waals surface area contributed by atoms with Crippen LogP contribution in [-0.2, 0) is 6.42 Å². The van der Waals surface area contributed by atoms with Crippen molar-refractivity contribution in [3.05, 3.63) is 33.3 Å². The summed E-state index contributed by atoms with van der Waals surface area (Å²) >= 11 is 12.6. The molecule has 1 fully saturated rings. The van der Waals surface area contributed by atoms with Gasteiger partial charge in [-0.3, -0.25) is 9.80 Å². The second-order valence-electron chi connectivity index (χ2n) is 7.23. The van der Waals surface area contributed by atoms with Gasteiger partial charge in [0.25, 0.3) is 0 Å². The van der Waals surface area contributed by atoms with E-state index in [-0.39, 0.29) is 6.04 Å². The fraction of sp³-hybridized carbons (Fsp3) is 0.667. The Kier molecular flexibility index (Phi) is 5.24. The standard InChI is InChI=1S/C18H26Cl2N2O/c1-11(2)21(3)14-5-4-6-22(10-14)18-16(23)8-12-7-13(19)9-15(20)17(12)18/h7,9,11,14,16,18,23H,4-6,8,10H2,1-3H3/t14-,16-,18+/m1/s1.